The lowest BCUT2D eigenvalue weighted by Gasteiger charge is -2.30. The second kappa shape index (κ2) is 29.7. The molecule has 2 aromatic carbocycles. The first-order valence-corrected chi connectivity index (χ1v) is 30.2. The van der Waals surface area contributed by atoms with Crippen molar-refractivity contribution < 1.29 is 67.9 Å². The maximum Gasteiger partial charge on any atom is 0.235 e. The third-order valence-electron chi connectivity index (χ3n) is 10.9. The summed E-state index contributed by atoms with van der Waals surface area (Å²) < 4.78 is 108. The molecule has 0 saturated heterocycles. The number of benzene rings is 2. The summed E-state index contributed by atoms with van der Waals surface area (Å²) in [4.78, 5) is 64.7. The minimum atomic E-state index is -4.26. The van der Waals surface area contributed by atoms with Crippen molar-refractivity contribution in [1.29, 1.82) is 0 Å². The molecule has 0 aromatic heterocycles. The van der Waals surface area contributed by atoms with Crippen LogP contribution in [0.3, 0.4) is 0 Å². The van der Waals surface area contributed by atoms with E-state index in [0.717, 1.165) is 41.6 Å². The molecule has 0 saturated carbocycles. The van der Waals surface area contributed by atoms with Crippen molar-refractivity contribution in [1.82, 2.24) is 38.5 Å². The number of carbonyl (C=O) groups is 5. The molecule has 0 aliphatic rings. The van der Waals surface area contributed by atoms with E-state index in [0.29, 0.717) is 24.8 Å². The first-order valence-electron chi connectivity index (χ1n) is 23.0. The minimum Gasteiger partial charge on any atom is -0.508 e. The summed E-state index contributed by atoms with van der Waals surface area (Å²) in [7, 11) is -16.7. The number of hydrogen-bond donors (Lipinski definition) is 9. The van der Waals surface area contributed by atoms with Gasteiger partial charge in [-0.3, -0.25) is 24.0 Å². The lowest BCUT2D eigenvalue weighted by atomic mass is 10.0. The predicted octanol–water partition coefficient (Wildman–Crippen LogP) is -3.76. The molecule has 0 radical (unpaired) electrons. The van der Waals surface area contributed by atoms with Gasteiger partial charge in [-0.1, -0.05) is 30.7 Å². The Morgan fingerprint density at radius 3 is 1.44 bits per heavy atom. The average Bonchev–Trinajstić information content (AvgIpc) is 3.24. The topological polar surface area (TPSA) is 402 Å². The Morgan fingerprint density at radius 2 is 0.973 bits per heavy atom. The van der Waals surface area contributed by atoms with Crippen LogP contribution in [0.5, 0.6) is 11.5 Å². The van der Waals surface area contributed by atoms with E-state index in [4.69, 9.17) is 17.2 Å². The van der Waals surface area contributed by atoms with Crippen molar-refractivity contribution in [2.24, 2.45) is 17.2 Å². The summed E-state index contributed by atoms with van der Waals surface area (Å²) in [6.45, 7) is -2.28. The normalized spacial score (nSPS) is 14.1. The van der Waals surface area contributed by atoms with Crippen LogP contribution in [0, 0.1) is 0 Å². The minimum absolute atomic E-state index is 0.0411. The van der Waals surface area contributed by atoms with Gasteiger partial charge in [0.25, 0.3) is 0 Å². The summed E-state index contributed by atoms with van der Waals surface area (Å²) in [5.74, 6) is -4.68. The number of nitrogens with zero attached hydrogens (tertiary/aromatic N) is 4. The molecule has 26 nitrogen and oxygen atoms in total. The summed E-state index contributed by atoms with van der Waals surface area (Å²) in [6, 6.07) is 8.05. The van der Waals surface area contributed by atoms with Gasteiger partial charge in [-0.2, -0.15) is 17.2 Å². The lowest BCUT2D eigenvalue weighted by Crippen LogP contribution is -2.54. The van der Waals surface area contributed by atoms with Crippen LogP contribution in [-0.2, 0) is 76.9 Å². The number of rotatable bonds is 35. The van der Waals surface area contributed by atoms with Gasteiger partial charge in [0.1, 0.15) is 11.5 Å². The van der Waals surface area contributed by atoms with E-state index in [1.165, 1.54) is 50.2 Å². The second-order valence-electron chi connectivity index (χ2n) is 17.8. The van der Waals surface area contributed by atoms with Crippen LogP contribution in [0.25, 0.3) is 0 Å². The van der Waals surface area contributed by atoms with Crippen molar-refractivity contribution in [3.63, 3.8) is 0 Å². The van der Waals surface area contributed by atoms with Crippen molar-refractivity contribution in [3.8, 4) is 11.5 Å². The smallest absolute Gasteiger partial charge is 0.235 e. The van der Waals surface area contributed by atoms with E-state index in [1.54, 1.807) is 12.1 Å². The molecule has 0 bridgehead atoms. The average molecular weight is 1110 g/mol. The van der Waals surface area contributed by atoms with Gasteiger partial charge in [-0.05, 0) is 81.0 Å². The molecule has 0 heterocycles. The van der Waals surface area contributed by atoms with Crippen molar-refractivity contribution in [2.75, 3.05) is 90.0 Å². The highest BCUT2D eigenvalue weighted by atomic mass is 32.2. The van der Waals surface area contributed by atoms with Gasteiger partial charge < -0.3 is 48.7 Å². The standard InChI is InChI=1S/C43H73N11O15S4/c1-31(23-51(27-40(46)58)70(3,62)63)47-41(59)28-53(72(5,66)67)26-37(22-34-12-17-39(57)18-13-34)50-42(60)29-52(71(4,64)65)24-35(8-6-7-19-44)49-43(61)30-54(73(68,69)21-20-45)25-36(48-32(2)55)14-9-33-10-15-38(56)16-11-33/h10-13,15-18,31,35-37,56-57H,6-9,14,19-30,44-45H2,1-5H3,(H2,46,58)(H,47,59)(H,48,55)(H,49,61)(H,50,60)/t31-,35-,36-,37-/m0/s1. The fourth-order valence-electron chi connectivity index (χ4n) is 7.44. The number of primary amides is 1. The number of nitrogens with two attached hydrogens (primary N) is 3. The van der Waals surface area contributed by atoms with Gasteiger partial charge in [0.05, 0.1) is 50.7 Å². The molecule has 0 unspecified atom stereocenters. The van der Waals surface area contributed by atoms with Crippen molar-refractivity contribution in [2.45, 2.75) is 76.5 Å². The Morgan fingerprint density at radius 1 is 0.548 bits per heavy atom. The second-order valence-corrected chi connectivity index (χ2v) is 25.8. The molecular formula is C43H73N11O15S4. The SMILES string of the molecule is CC(=O)N[C@@H](CCc1ccc(O)cc1)CN(CC(=O)N[C@@H](CCCCN)CN(CC(=O)N[C@@H](Cc1ccc(O)cc1)CN(CC(=O)N[C@@H](C)CN(CC(N)=O)S(C)(=O)=O)S(C)(=O)=O)S(C)(=O)=O)S(=O)(=O)CCN. The third-order valence-corrected chi connectivity index (χ3v) is 16.4. The van der Waals surface area contributed by atoms with Gasteiger partial charge >= 0.3 is 0 Å². The molecule has 4 atom stereocenters. The van der Waals surface area contributed by atoms with E-state index in [1.807, 2.05) is 0 Å². The number of carbonyl (C=O) groups excluding carboxylic acids is 5. The Labute approximate surface area is 428 Å². The summed E-state index contributed by atoms with van der Waals surface area (Å²) >= 11 is 0. The number of sulfonamides is 4. The quantitative estimate of drug-likeness (QED) is 0.0299. The largest absolute Gasteiger partial charge is 0.508 e. The molecule has 2 aromatic rings. The number of nitrogens with one attached hydrogen (secondary N) is 4. The van der Waals surface area contributed by atoms with Crippen molar-refractivity contribution in [3.05, 3.63) is 59.7 Å². The molecular weight excluding hydrogens is 1040 g/mol. The highest BCUT2D eigenvalue weighted by Crippen LogP contribution is 2.16. The fourth-order valence-corrected chi connectivity index (χ4v) is 11.2. The van der Waals surface area contributed by atoms with E-state index < -0.39 is 139 Å². The van der Waals surface area contributed by atoms with Gasteiger partial charge in [0.15, 0.2) is 0 Å². The predicted molar refractivity (Wildman–Crippen MR) is 273 cm³/mol. The number of phenolic OH excluding ortho intramolecular Hbond substituents is 2. The summed E-state index contributed by atoms with van der Waals surface area (Å²) in [5.41, 5.74) is 17.8. The van der Waals surface area contributed by atoms with E-state index in [2.05, 4.69) is 21.3 Å². The number of aromatic hydroxyl groups is 2. The number of hydrogen-bond acceptors (Lipinski definition) is 17. The highest BCUT2D eigenvalue weighted by molar-refractivity contribution is 7.89. The van der Waals surface area contributed by atoms with Gasteiger partial charge in [0.2, 0.25) is 69.6 Å². The molecule has 30 heteroatoms. The molecule has 73 heavy (non-hydrogen) atoms. The molecule has 0 spiro atoms. The number of unbranched alkanes of at least 4 members (excludes halogenated alkanes) is 1. The number of phenols is 2. The van der Waals surface area contributed by atoms with Gasteiger partial charge in [0, 0.05) is 63.8 Å². The zero-order valence-corrected chi connectivity index (χ0v) is 45.1. The van der Waals surface area contributed by atoms with E-state index in [9.17, 15) is 67.9 Å². The van der Waals surface area contributed by atoms with Gasteiger partial charge in [-0.25, -0.2) is 33.7 Å². The maximum absolute atomic E-state index is 13.9. The van der Waals surface area contributed by atoms with Crippen LogP contribution in [-0.4, -0.2) is 205 Å². The molecule has 2 rings (SSSR count). The Kier molecular flexibility index (Phi) is 26.1. The summed E-state index contributed by atoms with van der Waals surface area (Å²) in [5, 5.41) is 30.1. The van der Waals surface area contributed by atoms with Crippen LogP contribution >= 0.6 is 0 Å². The van der Waals surface area contributed by atoms with Gasteiger partial charge in [-0.15, -0.1) is 0 Å². The van der Waals surface area contributed by atoms with Crippen LogP contribution in [0.2, 0.25) is 0 Å². The third kappa shape index (κ3) is 25.6. The van der Waals surface area contributed by atoms with Crippen molar-refractivity contribution >= 4 is 69.6 Å². The first kappa shape index (κ1) is 64.1. The number of aryl methyl sites for hydroxylation is 1. The monoisotopic (exact) mass is 1110 g/mol. The summed E-state index contributed by atoms with van der Waals surface area (Å²) in [6.07, 6.45) is 3.90. The highest BCUT2D eigenvalue weighted by Gasteiger charge is 2.32. The Balaban J connectivity index is 2.41. The zero-order chi connectivity index (χ0) is 55.3. The Hall–Kier alpha value is -5.05. The molecule has 0 fully saturated rings. The lowest BCUT2D eigenvalue weighted by molar-refractivity contribution is -0.123. The Bertz CT molecular complexity index is 2590. The van der Waals surface area contributed by atoms with Crippen LogP contribution in [0.4, 0.5) is 0 Å². The van der Waals surface area contributed by atoms with E-state index in [-0.39, 0.29) is 56.9 Å². The molecule has 414 valence electrons. The van der Waals surface area contributed by atoms with Crippen LogP contribution in [0.1, 0.15) is 50.7 Å². The zero-order valence-electron chi connectivity index (χ0n) is 41.8. The maximum atomic E-state index is 13.9. The molecule has 0 aliphatic heterocycles. The van der Waals surface area contributed by atoms with Crippen LogP contribution in [0.15, 0.2) is 48.5 Å². The van der Waals surface area contributed by atoms with E-state index >= 15 is 0 Å². The molecule has 0 aliphatic carbocycles. The fraction of sp³-hybridized carbons (Fsp3) is 0.605. The number of amides is 5. The molecule has 5 amide bonds. The molecule has 12 N–H and O–H groups in total. The van der Waals surface area contributed by atoms with Crippen LogP contribution < -0.4 is 38.5 Å². The first-order chi connectivity index (χ1) is 33.8.